The quantitative estimate of drug-likeness (QED) is 0.564. The topological polar surface area (TPSA) is 59.1 Å². The molecule has 0 saturated heterocycles. The summed E-state index contributed by atoms with van der Waals surface area (Å²) < 4.78 is 5.32. The van der Waals surface area contributed by atoms with Crippen LogP contribution in [0.4, 0.5) is 0 Å². The molecule has 1 rings (SSSR count). The van der Waals surface area contributed by atoms with Crippen LogP contribution in [0.3, 0.4) is 0 Å². The Bertz CT molecular complexity index is 334. The van der Waals surface area contributed by atoms with Crippen molar-refractivity contribution in [3.8, 4) is 5.75 Å². The number of methoxy groups -OCH3 is 1. The van der Waals surface area contributed by atoms with Crippen molar-refractivity contribution in [2.75, 3.05) is 7.11 Å². The molecule has 0 radical (unpaired) electrons. The number of para-hydroxylation sites is 1. The molecule has 3 nitrogen and oxygen atoms in total. The number of rotatable bonds is 4. The first-order chi connectivity index (χ1) is 6.69. The maximum absolute atomic E-state index is 7.25. The minimum absolute atomic E-state index is 0.163. The molecule has 0 bridgehead atoms. The van der Waals surface area contributed by atoms with E-state index in [4.69, 9.17) is 15.9 Å². The van der Waals surface area contributed by atoms with Crippen molar-refractivity contribution >= 4 is 5.84 Å². The SMILES string of the molecule is CCc1cccc(CC(=N)N)c1OC. The van der Waals surface area contributed by atoms with Gasteiger partial charge in [-0.15, -0.1) is 0 Å². The molecule has 0 saturated carbocycles. The summed E-state index contributed by atoms with van der Waals surface area (Å²) >= 11 is 0. The highest BCUT2D eigenvalue weighted by atomic mass is 16.5. The van der Waals surface area contributed by atoms with Crippen molar-refractivity contribution in [1.82, 2.24) is 0 Å². The highest BCUT2D eigenvalue weighted by Crippen LogP contribution is 2.24. The molecule has 0 aliphatic heterocycles. The third-order valence-corrected chi connectivity index (χ3v) is 2.14. The van der Waals surface area contributed by atoms with E-state index < -0.39 is 0 Å². The second-order valence-electron chi connectivity index (χ2n) is 3.17. The molecule has 0 aromatic heterocycles. The fourth-order valence-corrected chi connectivity index (χ4v) is 1.52. The van der Waals surface area contributed by atoms with Crippen LogP contribution >= 0.6 is 0 Å². The average molecular weight is 192 g/mol. The van der Waals surface area contributed by atoms with E-state index in [1.54, 1.807) is 7.11 Å². The minimum Gasteiger partial charge on any atom is -0.496 e. The molecule has 76 valence electrons. The Labute approximate surface area is 84.4 Å². The highest BCUT2D eigenvalue weighted by molar-refractivity contribution is 5.80. The minimum atomic E-state index is 0.163. The summed E-state index contributed by atoms with van der Waals surface area (Å²) in [5.74, 6) is 1.03. The summed E-state index contributed by atoms with van der Waals surface area (Å²) in [6.07, 6.45) is 1.38. The first-order valence-corrected chi connectivity index (χ1v) is 4.66. The van der Waals surface area contributed by atoms with Crippen LogP contribution in [-0.2, 0) is 12.8 Å². The van der Waals surface area contributed by atoms with E-state index >= 15 is 0 Å². The summed E-state index contributed by atoms with van der Waals surface area (Å²) in [5.41, 5.74) is 7.51. The van der Waals surface area contributed by atoms with Crippen molar-refractivity contribution in [1.29, 1.82) is 5.41 Å². The number of benzene rings is 1. The smallest absolute Gasteiger partial charge is 0.125 e. The molecular weight excluding hydrogens is 176 g/mol. The molecule has 0 aliphatic rings. The van der Waals surface area contributed by atoms with Crippen LogP contribution in [0.2, 0.25) is 0 Å². The van der Waals surface area contributed by atoms with E-state index in [0.29, 0.717) is 6.42 Å². The Morgan fingerprint density at radius 1 is 1.43 bits per heavy atom. The lowest BCUT2D eigenvalue weighted by molar-refractivity contribution is 0.406. The van der Waals surface area contributed by atoms with Gasteiger partial charge in [-0.25, -0.2) is 0 Å². The van der Waals surface area contributed by atoms with E-state index in [2.05, 4.69) is 6.92 Å². The molecule has 0 amide bonds. The Morgan fingerprint density at radius 3 is 2.57 bits per heavy atom. The van der Waals surface area contributed by atoms with E-state index in [1.807, 2.05) is 18.2 Å². The van der Waals surface area contributed by atoms with Gasteiger partial charge in [-0.3, -0.25) is 5.41 Å². The van der Waals surface area contributed by atoms with Crippen molar-refractivity contribution in [2.45, 2.75) is 19.8 Å². The first kappa shape index (κ1) is 10.6. The van der Waals surface area contributed by atoms with E-state index in [9.17, 15) is 0 Å². The lowest BCUT2D eigenvalue weighted by atomic mass is 10.0. The number of nitrogens with two attached hydrogens (primary N) is 1. The van der Waals surface area contributed by atoms with Crippen molar-refractivity contribution in [3.05, 3.63) is 29.3 Å². The van der Waals surface area contributed by atoms with Crippen molar-refractivity contribution < 1.29 is 4.74 Å². The zero-order valence-electron chi connectivity index (χ0n) is 8.63. The summed E-state index contributed by atoms with van der Waals surface area (Å²) in [6, 6.07) is 5.95. The zero-order valence-corrected chi connectivity index (χ0v) is 8.63. The molecule has 1 aromatic carbocycles. The van der Waals surface area contributed by atoms with Gasteiger partial charge in [0.25, 0.3) is 0 Å². The third kappa shape index (κ3) is 2.25. The Balaban J connectivity index is 3.08. The van der Waals surface area contributed by atoms with Crippen LogP contribution in [-0.4, -0.2) is 12.9 Å². The number of hydrogen-bond donors (Lipinski definition) is 2. The van der Waals surface area contributed by atoms with Crippen LogP contribution in [0.25, 0.3) is 0 Å². The molecule has 0 fully saturated rings. The largest absolute Gasteiger partial charge is 0.496 e. The van der Waals surface area contributed by atoms with Crippen LogP contribution in [0.5, 0.6) is 5.75 Å². The molecular formula is C11H16N2O. The molecule has 0 unspecified atom stereocenters. The van der Waals surface area contributed by atoms with Gasteiger partial charge in [-0.05, 0) is 12.0 Å². The predicted octanol–water partition coefficient (Wildman–Crippen LogP) is 1.74. The van der Waals surface area contributed by atoms with Crippen LogP contribution in [0, 0.1) is 5.41 Å². The van der Waals surface area contributed by atoms with Gasteiger partial charge in [0.15, 0.2) is 0 Å². The van der Waals surface area contributed by atoms with Gasteiger partial charge in [-0.1, -0.05) is 25.1 Å². The van der Waals surface area contributed by atoms with E-state index in [0.717, 1.165) is 23.3 Å². The Morgan fingerprint density at radius 2 is 2.07 bits per heavy atom. The molecule has 3 N–H and O–H groups in total. The maximum atomic E-state index is 7.25. The molecule has 14 heavy (non-hydrogen) atoms. The highest BCUT2D eigenvalue weighted by Gasteiger charge is 2.07. The average Bonchev–Trinajstić information content (AvgIpc) is 2.16. The normalized spacial score (nSPS) is 9.86. The second kappa shape index (κ2) is 4.65. The van der Waals surface area contributed by atoms with Gasteiger partial charge in [0.05, 0.1) is 12.9 Å². The van der Waals surface area contributed by atoms with Gasteiger partial charge in [-0.2, -0.15) is 0 Å². The molecule has 0 spiro atoms. The van der Waals surface area contributed by atoms with E-state index in [1.165, 1.54) is 0 Å². The fourth-order valence-electron chi connectivity index (χ4n) is 1.52. The lowest BCUT2D eigenvalue weighted by Gasteiger charge is -2.11. The van der Waals surface area contributed by atoms with Crippen LogP contribution < -0.4 is 10.5 Å². The summed E-state index contributed by atoms with van der Waals surface area (Å²) in [6.45, 7) is 2.08. The predicted molar refractivity (Wildman–Crippen MR) is 58.0 cm³/mol. The van der Waals surface area contributed by atoms with Gasteiger partial charge < -0.3 is 10.5 Å². The van der Waals surface area contributed by atoms with Gasteiger partial charge in [0, 0.05) is 12.0 Å². The Hall–Kier alpha value is -1.51. The second-order valence-corrected chi connectivity index (χ2v) is 3.17. The number of ether oxygens (including phenoxy) is 1. The molecule has 0 atom stereocenters. The lowest BCUT2D eigenvalue weighted by Crippen LogP contribution is -2.13. The molecule has 1 aromatic rings. The number of hydrogen-bond acceptors (Lipinski definition) is 2. The first-order valence-electron chi connectivity index (χ1n) is 4.66. The van der Waals surface area contributed by atoms with E-state index in [-0.39, 0.29) is 5.84 Å². The van der Waals surface area contributed by atoms with Crippen molar-refractivity contribution in [2.24, 2.45) is 5.73 Å². The Kier molecular flexibility index (Phi) is 3.51. The van der Waals surface area contributed by atoms with Crippen LogP contribution in [0.1, 0.15) is 18.1 Å². The molecule has 0 heterocycles. The van der Waals surface area contributed by atoms with Gasteiger partial charge in [0.1, 0.15) is 5.75 Å². The van der Waals surface area contributed by atoms with Gasteiger partial charge >= 0.3 is 0 Å². The summed E-state index contributed by atoms with van der Waals surface area (Å²) in [4.78, 5) is 0. The summed E-state index contributed by atoms with van der Waals surface area (Å²) in [7, 11) is 1.65. The number of nitrogens with one attached hydrogen (secondary N) is 1. The van der Waals surface area contributed by atoms with Crippen LogP contribution in [0.15, 0.2) is 18.2 Å². The van der Waals surface area contributed by atoms with Gasteiger partial charge in [0.2, 0.25) is 0 Å². The standard InChI is InChI=1S/C11H16N2O/c1-3-8-5-4-6-9(7-10(12)13)11(8)14-2/h4-6H,3,7H2,1-2H3,(H3,12,13). The monoisotopic (exact) mass is 192 g/mol. The summed E-state index contributed by atoms with van der Waals surface area (Å²) in [5, 5.41) is 7.25. The third-order valence-electron chi connectivity index (χ3n) is 2.14. The fraction of sp³-hybridized carbons (Fsp3) is 0.364. The maximum Gasteiger partial charge on any atom is 0.125 e. The van der Waals surface area contributed by atoms with Crippen molar-refractivity contribution in [3.63, 3.8) is 0 Å². The number of aryl methyl sites for hydroxylation is 1. The molecule has 3 heteroatoms. The molecule has 0 aliphatic carbocycles. The number of amidine groups is 1. The zero-order chi connectivity index (χ0) is 10.6.